The first kappa shape index (κ1) is 14.2. The van der Waals surface area contributed by atoms with Crippen molar-refractivity contribution >= 4 is 43.6 Å². The van der Waals surface area contributed by atoms with Gasteiger partial charge >= 0.3 is 0 Å². The molecule has 94 valence electrons. The van der Waals surface area contributed by atoms with Gasteiger partial charge in [-0.25, -0.2) is 0 Å². The molecule has 0 saturated heterocycles. The van der Waals surface area contributed by atoms with E-state index in [0.29, 0.717) is 0 Å². The molecule has 0 fully saturated rings. The lowest BCUT2D eigenvalue weighted by Crippen LogP contribution is -1.89. The zero-order chi connectivity index (χ0) is 12.8. The van der Waals surface area contributed by atoms with Gasteiger partial charge in [-0.3, -0.25) is 0 Å². The molecule has 2 aromatic rings. The molecule has 0 saturated carbocycles. The number of halogens is 2. The van der Waals surface area contributed by atoms with E-state index in [0.717, 1.165) is 26.9 Å². The van der Waals surface area contributed by atoms with Crippen molar-refractivity contribution in [3.05, 3.63) is 68.6 Å². The van der Waals surface area contributed by atoms with E-state index in [1.54, 1.807) is 0 Å². The molecule has 0 N–H and O–H groups in total. The predicted octanol–water partition coefficient (Wildman–Crippen LogP) is 5.69. The molecule has 0 bridgehead atoms. The summed E-state index contributed by atoms with van der Waals surface area (Å²) in [6.07, 6.45) is 1.13. The van der Waals surface area contributed by atoms with Crippen LogP contribution < -0.4 is 0 Å². The lowest BCUT2D eigenvalue weighted by atomic mass is 10.2. The highest BCUT2D eigenvalue weighted by Gasteiger charge is 1.97. The summed E-state index contributed by atoms with van der Waals surface area (Å²) >= 11 is 8.94. The molecule has 3 heteroatoms. The van der Waals surface area contributed by atoms with Gasteiger partial charge in [0.1, 0.15) is 0 Å². The van der Waals surface area contributed by atoms with E-state index < -0.39 is 0 Å². The van der Waals surface area contributed by atoms with Crippen LogP contribution in [0, 0.1) is 0 Å². The summed E-state index contributed by atoms with van der Waals surface area (Å²) in [6, 6.07) is 17.1. The van der Waals surface area contributed by atoms with E-state index >= 15 is 0 Å². The highest BCUT2D eigenvalue weighted by molar-refractivity contribution is 9.10. The molecule has 0 aliphatic carbocycles. The fourth-order valence-corrected chi connectivity index (χ4v) is 3.32. The maximum Gasteiger partial charge on any atom is 0.0184 e. The lowest BCUT2D eigenvalue weighted by Gasteiger charge is -2.03. The van der Waals surface area contributed by atoms with Gasteiger partial charge in [0.15, 0.2) is 0 Å². The van der Waals surface area contributed by atoms with Crippen LogP contribution in [-0.4, -0.2) is 5.75 Å². The van der Waals surface area contributed by atoms with Gasteiger partial charge in [0.25, 0.3) is 0 Å². The Balaban J connectivity index is 1.74. The van der Waals surface area contributed by atoms with Crippen LogP contribution in [0.1, 0.15) is 11.1 Å². The molecular formula is C15H14Br2S. The molecule has 0 nitrogen and oxygen atoms in total. The van der Waals surface area contributed by atoms with Gasteiger partial charge in [0.05, 0.1) is 0 Å². The largest absolute Gasteiger partial charge is 0.157 e. The van der Waals surface area contributed by atoms with Gasteiger partial charge < -0.3 is 0 Å². The number of rotatable bonds is 5. The van der Waals surface area contributed by atoms with Crippen molar-refractivity contribution in [3.63, 3.8) is 0 Å². The summed E-state index contributed by atoms with van der Waals surface area (Å²) in [5.41, 5.74) is 2.78. The average molecular weight is 386 g/mol. The molecular weight excluding hydrogens is 372 g/mol. The van der Waals surface area contributed by atoms with Gasteiger partial charge in [0, 0.05) is 14.7 Å². The van der Waals surface area contributed by atoms with Gasteiger partial charge in [-0.15, -0.1) is 0 Å². The van der Waals surface area contributed by atoms with Gasteiger partial charge in [-0.1, -0.05) is 56.1 Å². The van der Waals surface area contributed by atoms with Gasteiger partial charge in [0.2, 0.25) is 0 Å². The average Bonchev–Trinajstić information content (AvgIpc) is 2.37. The van der Waals surface area contributed by atoms with Crippen molar-refractivity contribution in [2.24, 2.45) is 0 Å². The number of hydrogen-bond acceptors (Lipinski definition) is 1. The highest BCUT2D eigenvalue weighted by atomic mass is 79.9. The smallest absolute Gasteiger partial charge is 0.0184 e. The van der Waals surface area contributed by atoms with Crippen LogP contribution in [0.3, 0.4) is 0 Å². The number of hydrogen-bond donors (Lipinski definition) is 0. The molecule has 0 aromatic heterocycles. The molecule has 2 aromatic carbocycles. The molecule has 0 radical (unpaired) electrons. The Kier molecular flexibility index (Phi) is 5.80. The molecule has 0 aliphatic heterocycles. The third-order valence-electron chi connectivity index (χ3n) is 2.61. The molecule has 2 rings (SSSR count). The van der Waals surface area contributed by atoms with Crippen molar-refractivity contribution in [2.45, 2.75) is 12.2 Å². The Labute approximate surface area is 129 Å². The normalized spacial score (nSPS) is 10.6. The highest BCUT2D eigenvalue weighted by Crippen LogP contribution is 2.18. The zero-order valence-corrected chi connectivity index (χ0v) is 13.9. The maximum absolute atomic E-state index is 3.50. The fourth-order valence-electron chi connectivity index (χ4n) is 1.65. The number of thioether (sulfide) groups is 1. The molecule has 0 spiro atoms. The molecule has 0 aliphatic rings. The van der Waals surface area contributed by atoms with Gasteiger partial charge in [-0.2, -0.15) is 11.8 Å². The monoisotopic (exact) mass is 384 g/mol. The van der Waals surface area contributed by atoms with E-state index in [9.17, 15) is 0 Å². The summed E-state index contributed by atoms with van der Waals surface area (Å²) in [5, 5.41) is 0. The lowest BCUT2D eigenvalue weighted by molar-refractivity contribution is 1.15. The van der Waals surface area contributed by atoms with E-state index in [-0.39, 0.29) is 0 Å². The molecule has 0 unspecified atom stereocenters. The summed E-state index contributed by atoms with van der Waals surface area (Å²) in [5.74, 6) is 2.24. The van der Waals surface area contributed by atoms with Crippen LogP contribution in [0.15, 0.2) is 57.5 Å². The Morgan fingerprint density at radius 2 is 1.61 bits per heavy atom. The first-order chi connectivity index (χ1) is 8.74. The molecule has 0 atom stereocenters. The second-order valence-corrected chi connectivity index (χ2v) is 7.00. The SMILES string of the molecule is Brc1ccc(CSCCc2cccc(Br)c2)cc1. The fraction of sp³-hybridized carbons (Fsp3) is 0.200. The first-order valence-corrected chi connectivity index (χ1v) is 8.55. The van der Waals surface area contributed by atoms with E-state index in [1.807, 2.05) is 11.8 Å². The minimum absolute atomic E-state index is 1.08. The third kappa shape index (κ3) is 4.79. The van der Waals surface area contributed by atoms with Crippen molar-refractivity contribution in [1.29, 1.82) is 0 Å². The minimum atomic E-state index is 1.08. The van der Waals surface area contributed by atoms with Crippen LogP contribution >= 0.6 is 43.6 Å². The Morgan fingerprint density at radius 3 is 2.33 bits per heavy atom. The van der Waals surface area contributed by atoms with Crippen LogP contribution in [0.5, 0.6) is 0 Å². The first-order valence-electron chi connectivity index (χ1n) is 5.81. The summed E-state index contributed by atoms with van der Waals surface area (Å²) < 4.78 is 2.31. The second-order valence-electron chi connectivity index (χ2n) is 4.06. The number of aryl methyl sites for hydroxylation is 1. The Hall–Kier alpha value is -0.250. The number of benzene rings is 2. The van der Waals surface area contributed by atoms with Crippen LogP contribution in [0.25, 0.3) is 0 Å². The van der Waals surface area contributed by atoms with Crippen LogP contribution in [0.2, 0.25) is 0 Å². The molecule has 18 heavy (non-hydrogen) atoms. The maximum atomic E-state index is 3.50. The quantitative estimate of drug-likeness (QED) is 0.596. The standard InChI is InChI=1S/C15H14Br2S/c16-14-6-4-13(5-7-14)11-18-9-8-12-2-1-3-15(17)10-12/h1-7,10H,8-9,11H2. The predicted molar refractivity (Wildman–Crippen MR) is 88.2 cm³/mol. The summed E-state index contributed by atoms with van der Waals surface area (Å²) in [6.45, 7) is 0. The summed E-state index contributed by atoms with van der Waals surface area (Å²) in [4.78, 5) is 0. The van der Waals surface area contributed by atoms with Crippen molar-refractivity contribution in [2.75, 3.05) is 5.75 Å². The second kappa shape index (κ2) is 7.37. The third-order valence-corrected chi connectivity index (χ3v) is 4.66. The van der Waals surface area contributed by atoms with Crippen LogP contribution in [-0.2, 0) is 12.2 Å². The van der Waals surface area contributed by atoms with Crippen molar-refractivity contribution in [3.8, 4) is 0 Å². The Bertz CT molecular complexity index is 494. The van der Waals surface area contributed by atoms with E-state index in [1.165, 1.54) is 11.1 Å². The molecule has 0 amide bonds. The Morgan fingerprint density at radius 1 is 0.833 bits per heavy atom. The topological polar surface area (TPSA) is 0 Å². The summed E-state index contributed by atoms with van der Waals surface area (Å²) in [7, 11) is 0. The zero-order valence-electron chi connectivity index (χ0n) is 9.90. The van der Waals surface area contributed by atoms with Gasteiger partial charge in [-0.05, 0) is 47.6 Å². The van der Waals surface area contributed by atoms with E-state index in [4.69, 9.17) is 0 Å². The van der Waals surface area contributed by atoms with Crippen molar-refractivity contribution in [1.82, 2.24) is 0 Å². The van der Waals surface area contributed by atoms with Crippen LogP contribution in [0.4, 0.5) is 0 Å². The van der Waals surface area contributed by atoms with Crippen molar-refractivity contribution < 1.29 is 0 Å². The minimum Gasteiger partial charge on any atom is -0.157 e. The van der Waals surface area contributed by atoms with E-state index in [2.05, 4.69) is 80.4 Å². The molecule has 0 heterocycles.